The second kappa shape index (κ2) is 3.00. The molecule has 0 radical (unpaired) electrons. The van der Waals surface area contributed by atoms with E-state index < -0.39 is 5.97 Å². The van der Waals surface area contributed by atoms with Crippen LogP contribution in [0.2, 0.25) is 0 Å². The standard InChI is InChI=1S/C13H14O3/c14-11-4-2-1-3-9(11)13(8-5-6-8)7-10(13)12(15)16/h1-4,8,10,14H,5-7H2,(H,15,16). The average Bonchev–Trinajstić information content (AvgIpc) is 3.12. The normalized spacial score (nSPS) is 32.4. The minimum atomic E-state index is -0.727. The molecule has 2 atom stereocenters. The van der Waals surface area contributed by atoms with Crippen LogP contribution in [0.3, 0.4) is 0 Å². The van der Waals surface area contributed by atoms with E-state index in [0.717, 1.165) is 18.4 Å². The summed E-state index contributed by atoms with van der Waals surface area (Å²) in [4.78, 5) is 11.1. The number of carboxylic acid groups (broad SMARTS) is 1. The van der Waals surface area contributed by atoms with Crippen LogP contribution in [0.15, 0.2) is 24.3 Å². The van der Waals surface area contributed by atoms with Crippen molar-refractivity contribution in [3.05, 3.63) is 29.8 Å². The van der Waals surface area contributed by atoms with Crippen LogP contribution >= 0.6 is 0 Å². The van der Waals surface area contributed by atoms with Crippen molar-refractivity contribution < 1.29 is 15.0 Å². The Bertz CT molecular complexity index is 450. The molecule has 1 aromatic carbocycles. The van der Waals surface area contributed by atoms with Crippen molar-refractivity contribution in [3.8, 4) is 5.75 Å². The van der Waals surface area contributed by atoms with E-state index in [1.54, 1.807) is 12.1 Å². The fraction of sp³-hybridized carbons (Fsp3) is 0.462. The van der Waals surface area contributed by atoms with Gasteiger partial charge in [0, 0.05) is 11.0 Å². The topological polar surface area (TPSA) is 57.5 Å². The van der Waals surface area contributed by atoms with Gasteiger partial charge in [0.1, 0.15) is 5.75 Å². The fourth-order valence-electron chi connectivity index (χ4n) is 3.02. The highest BCUT2D eigenvalue weighted by Crippen LogP contribution is 2.67. The van der Waals surface area contributed by atoms with Crippen molar-refractivity contribution in [2.45, 2.75) is 24.7 Å². The molecule has 3 rings (SSSR count). The van der Waals surface area contributed by atoms with Crippen LogP contribution in [0.5, 0.6) is 5.75 Å². The van der Waals surface area contributed by atoms with E-state index in [4.69, 9.17) is 5.11 Å². The first-order valence-corrected chi connectivity index (χ1v) is 5.67. The zero-order valence-electron chi connectivity index (χ0n) is 8.89. The maximum atomic E-state index is 11.1. The monoisotopic (exact) mass is 218 g/mol. The van der Waals surface area contributed by atoms with Crippen LogP contribution in [-0.2, 0) is 10.2 Å². The van der Waals surface area contributed by atoms with E-state index in [2.05, 4.69) is 0 Å². The number of aromatic hydroxyl groups is 1. The highest BCUT2D eigenvalue weighted by Gasteiger charge is 2.66. The molecule has 0 heterocycles. The third-order valence-corrected chi connectivity index (χ3v) is 4.01. The maximum absolute atomic E-state index is 11.1. The lowest BCUT2D eigenvalue weighted by Gasteiger charge is -2.17. The van der Waals surface area contributed by atoms with Gasteiger partial charge in [-0.1, -0.05) is 18.2 Å². The summed E-state index contributed by atoms with van der Waals surface area (Å²) >= 11 is 0. The van der Waals surface area contributed by atoms with E-state index in [1.165, 1.54) is 0 Å². The number of rotatable bonds is 3. The summed E-state index contributed by atoms with van der Waals surface area (Å²) in [5, 5.41) is 19.0. The molecule has 0 aromatic heterocycles. The Labute approximate surface area is 93.7 Å². The lowest BCUT2D eigenvalue weighted by molar-refractivity contribution is -0.139. The second-order valence-corrected chi connectivity index (χ2v) is 4.93. The molecule has 3 heteroatoms. The number of phenols is 1. The van der Waals surface area contributed by atoms with Crippen molar-refractivity contribution in [3.63, 3.8) is 0 Å². The maximum Gasteiger partial charge on any atom is 0.307 e. The Morgan fingerprint density at radius 2 is 2.00 bits per heavy atom. The van der Waals surface area contributed by atoms with Gasteiger partial charge in [0.25, 0.3) is 0 Å². The minimum absolute atomic E-state index is 0.248. The number of para-hydroxylation sites is 1. The van der Waals surface area contributed by atoms with E-state index in [0.29, 0.717) is 12.3 Å². The Balaban J connectivity index is 2.03. The molecule has 2 unspecified atom stereocenters. The van der Waals surface area contributed by atoms with E-state index >= 15 is 0 Å². The molecule has 0 bridgehead atoms. The number of hydrogen-bond donors (Lipinski definition) is 2. The molecule has 0 spiro atoms. The van der Waals surface area contributed by atoms with Crippen molar-refractivity contribution in [1.29, 1.82) is 0 Å². The van der Waals surface area contributed by atoms with Crippen molar-refractivity contribution in [1.82, 2.24) is 0 Å². The van der Waals surface area contributed by atoms with Crippen molar-refractivity contribution in [2.24, 2.45) is 11.8 Å². The molecule has 0 aliphatic heterocycles. The average molecular weight is 218 g/mol. The largest absolute Gasteiger partial charge is 0.508 e. The molecule has 2 N–H and O–H groups in total. The Morgan fingerprint density at radius 1 is 1.31 bits per heavy atom. The molecule has 16 heavy (non-hydrogen) atoms. The number of aliphatic carboxylic acids is 1. The Hall–Kier alpha value is -1.51. The van der Waals surface area contributed by atoms with Crippen LogP contribution in [0.4, 0.5) is 0 Å². The summed E-state index contributed by atoms with van der Waals surface area (Å²) in [6.07, 6.45) is 2.88. The van der Waals surface area contributed by atoms with Gasteiger partial charge in [0.15, 0.2) is 0 Å². The third-order valence-electron chi connectivity index (χ3n) is 4.01. The van der Waals surface area contributed by atoms with Crippen molar-refractivity contribution >= 4 is 5.97 Å². The fourth-order valence-corrected chi connectivity index (χ4v) is 3.02. The number of benzene rings is 1. The summed E-state index contributed by atoms with van der Waals surface area (Å²) in [6.45, 7) is 0. The molecule has 1 aromatic rings. The lowest BCUT2D eigenvalue weighted by atomic mass is 9.87. The second-order valence-electron chi connectivity index (χ2n) is 4.93. The molecular formula is C13H14O3. The first-order valence-electron chi connectivity index (χ1n) is 5.67. The van der Waals surface area contributed by atoms with E-state index in [9.17, 15) is 9.90 Å². The zero-order chi connectivity index (χ0) is 11.3. The summed E-state index contributed by atoms with van der Waals surface area (Å²) in [6, 6.07) is 7.17. The van der Waals surface area contributed by atoms with Gasteiger partial charge in [-0.2, -0.15) is 0 Å². The molecule has 2 aliphatic carbocycles. The number of hydrogen-bond acceptors (Lipinski definition) is 2. The van der Waals surface area contributed by atoms with Gasteiger partial charge in [0.05, 0.1) is 5.92 Å². The highest BCUT2D eigenvalue weighted by molar-refractivity contribution is 5.78. The Kier molecular flexibility index (Phi) is 1.82. The molecule has 0 amide bonds. The van der Waals surface area contributed by atoms with Crippen LogP contribution in [0.25, 0.3) is 0 Å². The summed E-state index contributed by atoms with van der Waals surface area (Å²) < 4.78 is 0. The smallest absolute Gasteiger partial charge is 0.307 e. The van der Waals surface area contributed by atoms with Gasteiger partial charge in [-0.25, -0.2) is 0 Å². The molecule has 2 aliphatic rings. The predicted octanol–water partition coefficient (Wildman–Crippen LogP) is 2.14. The van der Waals surface area contributed by atoms with Crippen LogP contribution < -0.4 is 0 Å². The quantitative estimate of drug-likeness (QED) is 0.817. The molecule has 3 nitrogen and oxygen atoms in total. The summed E-state index contributed by atoms with van der Waals surface area (Å²) in [5.74, 6) is -0.316. The van der Waals surface area contributed by atoms with Gasteiger partial charge >= 0.3 is 5.97 Å². The van der Waals surface area contributed by atoms with Crippen LogP contribution in [-0.4, -0.2) is 16.2 Å². The first kappa shape index (κ1) is 9.70. The third kappa shape index (κ3) is 1.17. The van der Waals surface area contributed by atoms with Crippen LogP contribution in [0, 0.1) is 11.8 Å². The number of carboxylic acids is 1. The van der Waals surface area contributed by atoms with Gasteiger partial charge in [0.2, 0.25) is 0 Å². The molecule has 84 valence electrons. The summed E-state index contributed by atoms with van der Waals surface area (Å²) in [7, 11) is 0. The molecule has 2 fully saturated rings. The Morgan fingerprint density at radius 3 is 2.50 bits per heavy atom. The van der Waals surface area contributed by atoms with Gasteiger partial charge in [-0.05, 0) is 31.2 Å². The zero-order valence-corrected chi connectivity index (χ0v) is 8.89. The van der Waals surface area contributed by atoms with Gasteiger partial charge < -0.3 is 10.2 Å². The minimum Gasteiger partial charge on any atom is -0.508 e. The summed E-state index contributed by atoms with van der Waals surface area (Å²) in [5.41, 5.74) is 0.571. The van der Waals surface area contributed by atoms with Gasteiger partial charge in [-0.3, -0.25) is 4.79 Å². The lowest BCUT2D eigenvalue weighted by Crippen LogP contribution is -2.17. The van der Waals surface area contributed by atoms with E-state index in [-0.39, 0.29) is 17.1 Å². The van der Waals surface area contributed by atoms with Crippen molar-refractivity contribution in [2.75, 3.05) is 0 Å². The highest BCUT2D eigenvalue weighted by atomic mass is 16.4. The SMILES string of the molecule is O=C(O)C1CC1(c1ccccc1O)C1CC1. The number of phenolic OH excluding ortho intramolecular Hbond substituents is 1. The van der Waals surface area contributed by atoms with E-state index in [1.807, 2.05) is 12.1 Å². The molecular weight excluding hydrogens is 204 g/mol. The molecule has 2 saturated carbocycles. The van der Waals surface area contributed by atoms with Crippen LogP contribution in [0.1, 0.15) is 24.8 Å². The van der Waals surface area contributed by atoms with Gasteiger partial charge in [-0.15, -0.1) is 0 Å². The first-order chi connectivity index (χ1) is 7.66. The number of carbonyl (C=O) groups is 1. The molecule has 0 saturated heterocycles. The predicted molar refractivity (Wildman–Crippen MR) is 58.3 cm³/mol.